The summed E-state index contributed by atoms with van der Waals surface area (Å²) in [5.41, 5.74) is 1.15. The van der Waals surface area contributed by atoms with Gasteiger partial charge in [0.2, 0.25) is 0 Å². The fraction of sp³-hybridized carbons (Fsp3) is 0.667. The highest BCUT2D eigenvalue weighted by molar-refractivity contribution is 9.11. The Balaban J connectivity index is 2.04. The van der Waals surface area contributed by atoms with E-state index in [9.17, 15) is 4.79 Å². The van der Waals surface area contributed by atoms with Gasteiger partial charge in [-0.05, 0) is 72.8 Å². The molecule has 1 aromatic heterocycles. The molecular formula is C15H23BrN2OS. The van der Waals surface area contributed by atoms with Gasteiger partial charge in [0.15, 0.2) is 0 Å². The highest BCUT2D eigenvalue weighted by atomic mass is 79.9. The van der Waals surface area contributed by atoms with Crippen molar-refractivity contribution in [3.05, 3.63) is 20.3 Å². The largest absolute Gasteiger partial charge is 0.338 e. The van der Waals surface area contributed by atoms with Gasteiger partial charge in [-0.2, -0.15) is 0 Å². The predicted octanol–water partition coefficient (Wildman–Crippen LogP) is 3.67. The van der Waals surface area contributed by atoms with Crippen LogP contribution in [0.3, 0.4) is 0 Å². The maximum atomic E-state index is 12.7. The SMILES string of the molecule is CCCN(CC1CCCNC1)C(=O)c1cc(C)c(Br)s1. The van der Waals surface area contributed by atoms with Gasteiger partial charge in [-0.25, -0.2) is 0 Å². The Morgan fingerprint density at radius 2 is 2.40 bits per heavy atom. The van der Waals surface area contributed by atoms with E-state index in [1.807, 2.05) is 17.9 Å². The summed E-state index contributed by atoms with van der Waals surface area (Å²) in [6, 6.07) is 2.00. The average Bonchev–Trinajstić information content (AvgIpc) is 2.78. The van der Waals surface area contributed by atoms with Crippen LogP contribution < -0.4 is 5.32 Å². The van der Waals surface area contributed by atoms with E-state index < -0.39 is 0 Å². The Morgan fingerprint density at radius 3 is 2.95 bits per heavy atom. The van der Waals surface area contributed by atoms with Gasteiger partial charge in [0.1, 0.15) is 0 Å². The molecule has 0 spiro atoms. The van der Waals surface area contributed by atoms with Crippen LogP contribution in [0.15, 0.2) is 9.85 Å². The topological polar surface area (TPSA) is 32.3 Å². The molecule has 1 N–H and O–H groups in total. The fourth-order valence-electron chi connectivity index (χ4n) is 2.66. The van der Waals surface area contributed by atoms with Crippen LogP contribution in [-0.4, -0.2) is 37.0 Å². The molecule has 2 rings (SSSR count). The molecule has 5 heteroatoms. The average molecular weight is 359 g/mol. The van der Waals surface area contributed by atoms with E-state index in [0.29, 0.717) is 5.92 Å². The lowest BCUT2D eigenvalue weighted by Gasteiger charge is -2.29. The highest BCUT2D eigenvalue weighted by Gasteiger charge is 2.22. The Bertz CT molecular complexity index is 435. The van der Waals surface area contributed by atoms with Gasteiger partial charge >= 0.3 is 0 Å². The van der Waals surface area contributed by atoms with Gasteiger partial charge in [-0.15, -0.1) is 11.3 Å². The van der Waals surface area contributed by atoms with Crippen molar-refractivity contribution < 1.29 is 4.79 Å². The molecule has 112 valence electrons. The molecule has 3 nitrogen and oxygen atoms in total. The first-order valence-corrected chi connectivity index (χ1v) is 8.98. The number of halogens is 1. The van der Waals surface area contributed by atoms with Gasteiger partial charge < -0.3 is 10.2 Å². The van der Waals surface area contributed by atoms with Crippen LogP contribution in [0.1, 0.15) is 41.4 Å². The van der Waals surface area contributed by atoms with Crippen LogP contribution in [0.2, 0.25) is 0 Å². The van der Waals surface area contributed by atoms with E-state index in [2.05, 4.69) is 28.2 Å². The first-order chi connectivity index (χ1) is 9.61. The number of hydrogen-bond acceptors (Lipinski definition) is 3. The van der Waals surface area contributed by atoms with Crippen LogP contribution in [0.25, 0.3) is 0 Å². The lowest BCUT2D eigenvalue weighted by molar-refractivity contribution is 0.0723. The number of thiophene rings is 1. The minimum absolute atomic E-state index is 0.191. The minimum atomic E-state index is 0.191. The standard InChI is InChI=1S/C15H23BrN2OS/c1-3-7-18(10-12-5-4-6-17-9-12)15(19)13-8-11(2)14(16)20-13/h8,12,17H,3-7,9-10H2,1-2H3. The van der Waals surface area contributed by atoms with Crippen LogP contribution in [0, 0.1) is 12.8 Å². The highest BCUT2D eigenvalue weighted by Crippen LogP contribution is 2.28. The molecule has 1 unspecified atom stereocenters. The van der Waals surface area contributed by atoms with Crippen molar-refractivity contribution in [1.82, 2.24) is 10.2 Å². The number of nitrogens with zero attached hydrogens (tertiary/aromatic N) is 1. The predicted molar refractivity (Wildman–Crippen MR) is 88.5 cm³/mol. The van der Waals surface area contributed by atoms with Gasteiger partial charge in [0.05, 0.1) is 8.66 Å². The lowest BCUT2D eigenvalue weighted by atomic mass is 9.99. The third-order valence-corrected chi connectivity index (χ3v) is 5.85. The normalized spacial score (nSPS) is 19.1. The second kappa shape index (κ2) is 7.57. The molecule has 1 amide bonds. The number of carbonyl (C=O) groups excluding carboxylic acids is 1. The van der Waals surface area contributed by atoms with Crippen molar-refractivity contribution in [2.75, 3.05) is 26.2 Å². The minimum Gasteiger partial charge on any atom is -0.338 e. The summed E-state index contributed by atoms with van der Waals surface area (Å²) < 4.78 is 1.07. The first kappa shape index (κ1) is 16.0. The molecule has 1 fully saturated rings. The number of aryl methyl sites for hydroxylation is 1. The summed E-state index contributed by atoms with van der Waals surface area (Å²) in [6.45, 7) is 8.07. The summed E-state index contributed by atoms with van der Waals surface area (Å²) in [6.07, 6.45) is 3.47. The van der Waals surface area contributed by atoms with E-state index in [1.54, 1.807) is 11.3 Å². The van der Waals surface area contributed by atoms with E-state index in [4.69, 9.17) is 0 Å². The van der Waals surface area contributed by atoms with Crippen LogP contribution >= 0.6 is 27.3 Å². The molecule has 0 saturated carbocycles. The second-order valence-electron chi connectivity index (χ2n) is 5.53. The molecule has 2 heterocycles. The maximum Gasteiger partial charge on any atom is 0.263 e. The summed E-state index contributed by atoms with van der Waals surface area (Å²) in [5.74, 6) is 0.792. The molecular weight excluding hydrogens is 336 g/mol. The molecule has 0 bridgehead atoms. The number of hydrogen-bond donors (Lipinski definition) is 1. The zero-order valence-corrected chi connectivity index (χ0v) is 14.6. The summed E-state index contributed by atoms with van der Waals surface area (Å²) in [5, 5.41) is 3.43. The van der Waals surface area contributed by atoms with E-state index >= 15 is 0 Å². The van der Waals surface area contributed by atoms with Crippen molar-refractivity contribution in [1.29, 1.82) is 0 Å². The van der Waals surface area contributed by atoms with Gasteiger partial charge in [-0.3, -0.25) is 4.79 Å². The Kier molecular flexibility index (Phi) is 6.05. The maximum absolute atomic E-state index is 12.7. The Labute approximate surface area is 133 Å². The van der Waals surface area contributed by atoms with E-state index in [-0.39, 0.29) is 5.91 Å². The van der Waals surface area contributed by atoms with Crippen molar-refractivity contribution in [3.63, 3.8) is 0 Å². The van der Waals surface area contributed by atoms with Gasteiger partial charge in [0.25, 0.3) is 5.91 Å². The molecule has 20 heavy (non-hydrogen) atoms. The fourth-order valence-corrected chi connectivity index (χ4v) is 4.16. The summed E-state index contributed by atoms with van der Waals surface area (Å²) in [7, 11) is 0. The van der Waals surface area contributed by atoms with E-state index in [0.717, 1.165) is 46.8 Å². The first-order valence-electron chi connectivity index (χ1n) is 7.37. The van der Waals surface area contributed by atoms with Crippen molar-refractivity contribution >= 4 is 33.2 Å². The number of amides is 1. The molecule has 0 aliphatic carbocycles. The molecule has 0 aromatic carbocycles. The monoisotopic (exact) mass is 358 g/mol. The molecule has 1 saturated heterocycles. The molecule has 1 aliphatic rings. The van der Waals surface area contributed by atoms with Crippen LogP contribution in [0.4, 0.5) is 0 Å². The second-order valence-corrected chi connectivity index (χ2v) is 7.90. The number of nitrogens with one attached hydrogen (secondary N) is 1. The van der Waals surface area contributed by atoms with Crippen molar-refractivity contribution in [2.24, 2.45) is 5.92 Å². The zero-order valence-electron chi connectivity index (χ0n) is 12.2. The molecule has 1 aliphatic heterocycles. The number of rotatable bonds is 5. The molecule has 1 aromatic rings. The zero-order chi connectivity index (χ0) is 14.5. The third-order valence-electron chi connectivity index (χ3n) is 3.73. The lowest BCUT2D eigenvalue weighted by Crippen LogP contribution is -2.41. The number of piperidine rings is 1. The summed E-state index contributed by atoms with van der Waals surface area (Å²) >= 11 is 5.06. The quantitative estimate of drug-likeness (QED) is 0.870. The smallest absolute Gasteiger partial charge is 0.263 e. The van der Waals surface area contributed by atoms with Gasteiger partial charge in [-0.1, -0.05) is 6.92 Å². The third kappa shape index (κ3) is 4.06. The number of carbonyl (C=O) groups is 1. The van der Waals surface area contributed by atoms with Crippen LogP contribution in [-0.2, 0) is 0 Å². The van der Waals surface area contributed by atoms with Gasteiger partial charge in [0, 0.05) is 13.1 Å². The van der Waals surface area contributed by atoms with E-state index in [1.165, 1.54) is 12.8 Å². The van der Waals surface area contributed by atoms with Crippen LogP contribution in [0.5, 0.6) is 0 Å². The molecule has 0 radical (unpaired) electrons. The molecule has 1 atom stereocenters. The Morgan fingerprint density at radius 1 is 1.60 bits per heavy atom. The summed E-state index contributed by atoms with van der Waals surface area (Å²) in [4.78, 5) is 15.6. The van der Waals surface area contributed by atoms with Crippen molar-refractivity contribution in [2.45, 2.75) is 33.1 Å². The Hall–Kier alpha value is -0.390. The van der Waals surface area contributed by atoms with Crippen molar-refractivity contribution in [3.8, 4) is 0 Å².